The zero-order valence-electron chi connectivity index (χ0n) is 12.0. The van der Waals surface area contributed by atoms with E-state index in [2.05, 4.69) is 24.5 Å². The van der Waals surface area contributed by atoms with Gasteiger partial charge < -0.3 is 15.7 Å². The summed E-state index contributed by atoms with van der Waals surface area (Å²) in [4.78, 5) is 12.2. The predicted octanol–water partition coefficient (Wildman–Crippen LogP) is 1.43. The van der Waals surface area contributed by atoms with Crippen LogP contribution < -0.4 is 10.6 Å². The summed E-state index contributed by atoms with van der Waals surface area (Å²) < 4.78 is 0. The van der Waals surface area contributed by atoms with E-state index in [9.17, 15) is 4.79 Å². The number of rotatable bonds is 6. The van der Waals surface area contributed by atoms with Crippen LogP contribution in [0.3, 0.4) is 0 Å². The fraction of sp³-hybridized carbons (Fsp3) is 0.929. The summed E-state index contributed by atoms with van der Waals surface area (Å²) in [5.74, 6) is 0.110. The van der Waals surface area contributed by atoms with Gasteiger partial charge in [-0.25, -0.2) is 0 Å². The molecule has 0 spiro atoms. The molecule has 4 heteroatoms. The summed E-state index contributed by atoms with van der Waals surface area (Å²) in [6, 6.07) is 0. The van der Waals surface area contributed by atoms with Gasteiger partial charge in [-0.3, -0.25) is 4.79 Å². The minimum Gasteiger partial charge on any atom is -0.396 e. The Morgan fingerprint density at radius 3 is 2.72 bits per heavy atom. The number of hydrogen-bond acceptors (Lipinski definition) is 3. The molecule has 3 N–H and O–H groups in total. The number of carbonyl (C=O) groups is 1. The number of piperidine rings is 1. The van der Waals surface area contributed by atoms with E-state index < -0.39 is 5.54 Å². The predicted molar refractivity (Wildman–Crippen MR) is 73.4 cm³/mol. The quantitative estimate of drug-likeness (QED) is 0.674. The lowest BCUT2D eigenvalue weighted by molar-refractivity contribution is -0.128. The highest BCUT2D eigenvalue weighted by Crippen LogP contribution is 2.22. The monoisotopic (exact) mass is 256 g/mol. The molecule has 1 rings (SSSR count). The Morgan fingerprint density at radius 2 is 2.17 bits per heavy atom. The maximum atomic E-state index is 12.2. The van der Waals surface area contributed by atoms with Crippen molar-refractivity contribution in [1.82, 2.24) is 10.6 Å². The highest BCUT2D eigenvalue weighted by molar-refractivity contribution is 5.86. The average Bonchev–Trinajstić information content (AvgIpc) is 2.34. The van der Waals surface area contributed by atoms with Crippen molar-refractivity contribution in [2.45, 2.75) is 58.4 Å². The van der Waals surface area contributed by atoms with Crippen LogP contribution in [0.1, 0.15) is 52.9 Å². The van der Waals surface area contributed by atoms with Gasteiger partial charge in [-0.2, -0.15) is 0 Å². The van der Waals surface area contributed by atoms with Crippen LogP contribution in [0.15, 0.2) is 0 Å². The molecule has 1 atom stereocenters. The van der Waals surface area contributed by atoms with E-state index in [1.807, 2.05) is 6.92 Å². The second-order valence-electron chi connectivity index (χ2n) is 6.39. The Kier molecular flexibility index (Phi) is 5.60. The van der Waals surface area contributed by atoms with Crippen LogP contribution in [0.5, 0.6) is 0 Å². The lowest BCUT2D eigenvalue weighted by atomic mass is 9.86. The fourth-order valence-electron chi connectivity index (χ4n) is 2.41. The van der Waals surface area contributed by atoms with Crippen molar-refractivity contribution in [2.24, 2.45) is 5.41 Å². The van der Waals surface area contributed by atoms with Crippen LogP contribution in [0.25, 0.3) is 0 Å². The van der Waals surface area contributed by atoms with Gasteiger partial charge in [0.05, 0.1) is 5.54 Å². The fourth-order valence-corrected chi connectivity index (χ4v) is 2.41. The molecule has 4 nitrogen and oxygen atoms in total. The van der Waals surface area contributed by atoms with E-state index in [-0.39, 0.29) is 17.9 Å². The SMILES string of the molecule is CC(C)(CCCO)CNC(=O)C1(C)CCCCN1. The highest BCUT2D eigenvalue weighted by atomic mass is 16.2. The third-order valence-corrected chi connectivity index (χ3v) is 3.86. The molecular formula is C14H28N2O2. The zero-order valence-corrected chi connectivity index (χ0v) is 12.0. The molecule has 0 aromatic heterocycles. The van der Waals surface area contributed by atoms with E-state index in [0.717, 1.165) is 38.6 Å². The van der Waals surface area contributed by atoms with Crippen LogP contribution in [-0.2, 0) is 4.79 Å². The van der Waals surface area contributed by atoms with Crippen molar-refractivity contribution in [3.8, 4) is 0 Å². The Bertz CT molecular complexity index is 271. The number of carbonyl (C=O) groups excluding carboxylic acids is 1. The van der Waals surface area contributed by atoms with Crippen LogP contribution in [-0.4, -0.2) is 36.2 Å². The van der Waals surface area contributed by atoms with E-state index in [1.165, 1.54) is 0 Å². The maximum absolute atomic E-state index is 12.2. The smallest absolute Gasteiger partial charge is 0.240 e. The van der Waals surface area contributed by atoms with Crippen molar-refractivity contribution >= 4 is 5.91 Å². The molecule has 1 aliphatic heterocycles. The zero-order chi connectivity index (χ0) is 13.6. The molecule has 0 aliphatic carbocycles. The summed E-state index contributed by atoms with van der Waals surface area (Å²) in [6.45, 7) is 8.05. The minimum absolute atomic E-state index is 0.0451. The summed E-state index contributed by atoms with van der Waals surface area (Å²) in [5, 5.41) is 15.2. The van der Waals surface area contributed by atoms with Crippen LogP contribution >= 0.6 is 0 Å². The third kappa shape index (κ3) is 4.58. The van der Waals surface area contributed by atoms with Gasteiger partial charge >= 0.3 is 0 Å². The summed E-state index contributed by atoms with van der Waals surface area (Å²) in [6.07, 6.45) is 4.90. The molecule has 0 saturated carbocycles. The number of aliphatic hydroxyl groups excluding tert-OH is 1. The first-order chi connectivity index (χ1) is 8.40. The molecule has 0 radical (unpaired) electrons. The van der Waals surface area contributed by atoms with Crippen LogP contribution in [0.4, 0.5) is 0 Å². The maximum Gasteiger partial charge on any atom is 0.240 e. The minimum atomic E-state index is -0.398. The summed E-state index contributed by atoms with van der Waals surface area (Å²) in [7, 11) is 0. The molecule has 0 bridgehead atoms. The number of nitrogens with one attached hydrogen (secondary N) is 2. The molecule has 1 aliphatic rings. The Balaban J connectivity index is 2.40. The lowest BCUT2D eigenvalue weighted by Crippen LogP contribution is -2.57. The van der Waals surface area contributed by atoms with Gasteiger partial charge in [-0.05, 0) is 51.0 Å². The van der Waals surface area contributed by atoms with Crippen LogP contribution in [0, 0.1) is 5.41 Å². The first-order valence-corrected chi connectivity index (χ1v) is 7.04. The topological polar surface area (TPSA) is 61.4 Å². The molecule has 0 aromatic rings. The molecule has 1 fully saturated rings. The van der Waals surface area contributed by atoms with E-state index in [0.29, 0.717) is 6.54 Å². The van der Waals surface area contributed by atoms with Gasteiger partial charge in [0.2, 0.25) is 5.91 Å². The largest absolute Gasteiger partial charge is 0.396 e. The first kappa shape index (κ1) is 15.4. The number of aliphatic hydroxyl groups is 1. The molecular weight excluding hydrogens is 228 g/mol. The Hall–Kier alpha value is -0.610. The van der Waals surface area contributed by atoms with E-state index in [1.54, 1.807) is 0 Å². The molecule has 1 saturated heterocycles. The first-order valence-electron chi connectivity index (χ1n) is 7.04. The van der Waals surface area contributed by atoms with Crippen molar-refractivity contribution in [3.05, 3.63) is 0 Å². The second kappa shape index (κ2) is 6.53. The molecule has 1 unspecified atom stereocenters. The number of hydrogen-bond donors (Lipinski definition) is 3. The van der Waals surface area contributed by atoms with Crippen molar-refractivity contribution in [1.29, 1.82) is 0 Å². The van der Waals surface area contributed by atoms with Gasteiger partial charge in [-0.1, -0.05) is 13.8 Å². The standard InChI is InChI=1S/C14H28N2O2/c1-13(2,7-6-10-17)11-15-12(18)14(3)8-4-5-9-16-14/h16-17H,4-11H2,1-3H3,(H,15,18). The molecule has 18 heavy (non-hydrogen) atoms. The average molecular weight is 256 g/mol. The van der Waals surface area contributed by atoms with Gasteiger partial charge in [0.15, 0.2) is 0 Å². The van der Waals surface area contributed by atoms with E-state index >= 15 is 0 Å². The molecule has 1 amide bonds. The second-order valence-corrected chi connectivity index (χ2v) is 6.39. The molecule has 106 valence electrons. The third-order valence-electron chi connectivity index (χ3n) is 3.86. The van der Waals surface area contributed by atoms with Crippen molar-refractivity contribution in [2.75, 3.05) is 19.7 Å². The molecule has 0 aromatic carbocycles. The highest BCUT2D eigenvalue weighted by Gasteiger charge is 2.34. The summed E-state index contributed by atoms with van der Waals surface area (Å²) >= 11 is 0. The van der Waals surface area contributed by atoms with Crippen molar-refractivity contribution in [3.63, 3.8) is 0 Å². The van der Waals surface area contributed by atoms with Crippen LogP contribution in [0.2, 0.25) is 0 Å². The van der Waals surface area contributed by atoms with Gasteiger partial charge in [0, 0.05) is 13.2 Å². The number of amides is 1. The summed E-state index contributed by atoms with van der Waals surface area (Å²) in [5.41, 5.74) is -0.352. The van der Waals surface area contributed by atoms with Crippen molar-refractivity contribution < 1.29 is 9.90 Å². The Labute approximate surface area is 111 Å². The normalized spacial score (nSPS) is 24.9. The Morgan fingerprint density at radius 1 is 1.44 bits per heavy atom. The van der Waals surface area contributed by atoms with E-state index in [4.69, 9.17) is 5.11 Å². The van der Waals surface area contributed by atoms with Gasteiger partial charge in [-0.15, -0.1) is 0 Å². The van der Waals surface area contributed by atoms with Gasteiger partial charge in [0.25, 0.3) is 0 Å². The van der Waals surface area contributed by atoms with Gasteiger partial charge in [0.1, 0.15) is 0 Å². The molecule has 1 heterocycles. The lowest BCUT2D eigenvalue weighted by Gasteiger charge is -2.35.